The van der Waals surface area contributed by atoms with Gasteiger partial charge in [0.1, 0.15) is 0 Å². The van der Waals surface area contributed by atoms with Gasteiger partial charge < -0.3 is 5.32 Å². The zero-order chi connectivity index (χ0) is 13.8. The molecule has 2 rings (SSSR count). The first-order valence-corrected chi connectivity index (χ1v) is 7.44. The number of hydrogen-bond acceptors (Lipinski definition) is 1. The maximum Gasteiger partial charge on any atom is 0.0400 e. The molecule has 19 heavy (non-hydrogen) atoms. The van der Waals surface area contributed by atoms with Gasteiger partial charge in [-0.25, -0.2) is 0 Å². The van der Waals surface area contributed by atoms with Crippen LogP contribution in [0.3, 0.4) is 0 Å². The molecule has 0 saturated heterocycles. The van der Waals surface area contributed by atoms with Crippen LogP contribution in [0.15, 0.2) is 46.9 Å². The second kappa shape index (κ2) is 6.25. The number of hydrogen-bond donors (Lipinski definition) is 1. The molecule has 0 saturated carbocycles. The van der Waals surface area contributed by atoms with Gasteiger partial charge in [-0.05, 0) is 47.7 Å². The predicted octanol–water partition coefficient (Wildman–Crippen LogP) is 5.49. The summed E-state index contributed by atoms with van der Waals surface area (Å²) in [5, 5.41) is 3.46. The summed E-state index contributed by atoms with van der Waals surface area (Å²) in [6.07, 6.45) is 0. The standard InChI is InChI=1S/C17H20BrN/c1-12(2)15-6-4-14(5-7-15)11-19-16-8-9-17(18)13(3)10-16/h4-10,12,19H,11H2,1-3H3. The summed E-state index contributed by atoms with van der Waals surface area (Å²) in [6.45, 7) is 7.40. The lowest BCUT2D eigenvalue weighted by Crippen LogP contribution is -2.00. The smallest absolute Gasteiger partial charge is 0.0400 e. The molecular weight excluding hydrogens is 298 g/mol. The van der Waals surface area contributed by atoms with Crippen molar-refractivity contribution in [1.82, 2.24) is 0 Å². The third-order valence-electron chi connectivity index (χ3n) is 3.30. The predicted molar refractivity (Wildman–Crippen MR) is 86.7 cm³/mol. The number of halogens is 1. The van der Waals surface area contributed by atoms with E-state index in [0.717, 1.165) is 16.7 Å². The summed E-state index contributed by atoms with van der Waals surface area (Å²) in [4.78, 5) is 0. The molecule has 0 heterocycles. The average Bonchev–Trinajstić information content (AvgIpc) is 2.40. The Morgan fingerprint density at radius 2 is 1.74 bits per heavy atom. The Bertz CT molecular complexity index is 544. The zero-order valence-corrected chi connectivity index (χ0v) is 13.3. The highest BCUT2D eigenvalue weighted by Crippen LogP contribution is 2.21. The third kappa shape index (κ3) is 3.84. The molecule has 0 amide bonds. The first kappa shape index (κ1) is 14.1. The summed E-state index contributed by atoms with van der Waals surface area (Å²) in [5.74, 6) is 0.594. The van der Waals surface area contributed by atoms with Crippen LogP contribution in [0, 0.1) is 6.92 Å². The topological polar surface area (TPSA) is 12.0 Å². The second-order valence-electron chi connectivity index (χ2n) is 5.21. The Morgan fingerprint density at radius 1 is 1.05 bits per heavy atom. The Hall–Kier alpha value is -1.28. The van der Waals surface area contributed by atoms with E-state index in [-0.39, 0.29) is 0 Å². The molecule has 0 radical (unpaired) electrons. The number of aryl methyl sites for hydroxylation is 1. The lowest BCUT2D eigenvalue weighted by Gasteiger charge is -2.10. The van der Waals surface area contributed by atoms with E-state index in [4.69, 9.17) is 0 Å². The minimum Gasteiger partial charge on any atom is -0.381 e. The lowest BCUT2D eigenvalue weighted by molar-refractivity contribution is 0.865. The molecule has 0 aromatic heterocycles. The maximum atomic E-state index is 3.52. The molecule has 2 aromatic carbocycles. The van der Waals surface area contributed by atoms with Crippen molar-refractivity contribution >= 4 is 21.6 Å². The molecule has 1 nitrogen and oxygen atoms in total. The van der Waals surface area contributed by atoms with Gasteiger partial charge in [0.2, 0.25) is 0 Å². The molecule has 0 unspecified atom stereocenters. The van der Waals surface area contributed by atoms with Gasteiger partial charge in [0.25, 0.3) is 0 Å². The van der Waals surface area contributed by atoms with Gasteiger partial charge in [-0.2, -0.15) is 0 Å². The minimum atomic E-state index is 0.594. The van der Waals surface area contributed by atoms with Crippen molar-refractivity contribution < 1.29 is 0 Å². The molecule has 0 spiro atoms. The Kier molecular flexibility index (Phi) is 4.65. The number of benzene rings is 2. The SMILES string of the molecule is Cc1cc(NCc2ccc(C(C)C)cc2)ccc1Br. The van der Waals surface area contributed by atoms with Crippen molar-refractivity contribution in [3.05, 3.63) is 63.6 Å². The summed E-state index contributed by atoms with van der Waals surface area (Å²) in [7, 11) is 0. The Labute approximate surface area is 124 Å². The van der Waals surface area contributed by atoms with Gasteiger partial charge in [-0.1, -0.05) is 54.0 Å². The molecule has 0 aliphatic heterocycles. The number of rotatable bonds is 4. The molecule has 0 atom stereocenters. The molecule has 0 aliphatic rings. The molecule has 2 aromatic rings. The van der Waals surface area contributed by atoms with Gasteiger partial charge in [-0.3, -0.25) is 0 Å². The molecular formula is C17H20BrN. The first-order valence-electron chi connectivity index (χ1n) is 6.65. The first-order chi connectivity index (χ1) is 9.06. The monoisotopic (exact) mass is 317 g/mol. The van der Waals surface area contributed by atoms with Gasteiger partial charge in [0, 0.05) is 16.7 Å². The van der Waals surface area contributed by atoms with Crippen molar-refractivity contribution in [2.24, 2.45) is 0 Å². The van der Waals surface area contributed by atoms with E-state index in [0.29, 0.717) is 5.92 Å². The fraction of sp³-hybridized carbons (Fsp3) is 0.294. The van der Waals surface area contributed by atoms with Gasteiger partial charge in [-0.15, -0.1) is 0 Å². The molecule has 1 N–H and O–H groups in total. The molecule has 0 bridgehead atoms. The summed E-state index contributed by atoms with van der Waals surface area (Å²) in [5.41, 5.74) is 5.11. The summed E-state index contributed by atoms with van der Waals surface area (Å²) >= 11 is 3.52. The van der Waals surface area contributed by atoms with Gasteiger partial charge in [0.05, 0.1) is 0 Å². The van der Waals surface area contributed by atoms with E-state index in [1.54, 1.807) is 0 Å². The molecule has 100 valence electrons. The van der Waals surface area contributed by atoms with E-state index in [9.17, 15) is 0 Å². The van der Waals surface area contributed by atoms with Crippen molar-refractivity contribution in [2.75, 3.05) is 5.32 Å². The van der Waals surface area contributed by atoms with Crippen LogP contribution >= 0.6 is 15.9 Å². The third-order valence-corrected chi connectivity index (χ3v) is 4.19. The molecule has 2 heteroatoms. The Balaban J connectivity index is 2.00. The normalized spacial score (nSPS) is 10.8. The van der Waals surface area contributed by atoms with Crippen molar-refractivity contribution in [3.8, 4) is 0 Å². The second-order valence-corrected chi connectivity index (χ2v) is 6.07. The molecule has 0 aliphatic carbocycles. The Morgan fingerprint density at radius 3 is 2.32 bits per heavy atom. The van der Waals surface area contributed by atoms with Crippen molar-refractivity contribution in [3.63, 3.8) is 0 Å². The number of anilines is 1. The van der Waals surface area contributed by atoms with Crippen LogP contribution in [0.4, 0.5) is 5.69 Å². The fourth-order valence-electron chi connectivity index (χ4n) is 1.98. The van der Waals surface area contributed by atoms with Crippen LogP contribution in [0.1, 0.15) is 36.5 Å². The van der Waals surface area contributed by atoms with Crippen LogP contribution in [-0.2, 0) is 6.54 Å². The average molecular weight is 318 g/mol. The van der Waals surface area contributed by atoms with Crippen molar-refractivity contribution in [2.45, 2.75) is 33.2 Å². The van der Waals surface area contributed by atoms with Crippen LogP contribution < -0.4 is 5.32 Å². The quantitative estimate of drug-likeness (QED) is 0.785. The van der Waals surface area contributed by atoms with Crippen molar-refractivity contribution in [1.29, 1.82) is 0 Å². The van der Waals surface area contributed by atoms with Crippen LogP contribution in [-0.4, -0.2) is 0 Å². The van der Waals surface area contributed by atoms with Crippen LogP contribution in [0.2, 0.25) is 0 Å². The fourth-order valence-corrected chi connectivity index (χ4v) is 2.23. The summed E-state index contributed by atoms with van der Waals surface area (Å²) in [6, 6.07) is 15.2. The van der Waals surface area contributed by atoms with Crippen LogP contribution in [0.5, 0.6) is 0 Å². The highest BCUT2D eigenvalue weighted by molar-refractivity contribution is 9.10. The molecule has 0 fully saturated rings. The lowest BCUT2D eigenvalue weighted by atomic mass is 10.0. The highest BCUT2D eigenvalue weighted by atomic mass is 79.9. The van der Waals surface area contributed by atoms with E-state index in [1.165, 1.54) is 16.7 Å². The zero-order valence-electron chi connectivity index (χ0n) is 11.7. The number of nitrogens with one attached hydrogen (secondary N) is 1. The van der Waals surface area contributed by atoms with Gasteiger partial charge in [0.15, 0.2) is 0 Å². The van der Waals surface area contributed by atoms with Gasteiger partial charge >= 0.3 is 0 Å². The van der Waals surface area contributed by atoms with Crippen LogP contribution in [0.25, 0.3) is 0 Å². The van der Waals surface area contributed by atoms with E-state index in [1.807, 2.05) is 0 Å². The summed E-state index contributed by atoms with van der Waals surface area (Å²) < 4.78 is 1.15. The highest BCUT2D eigenvalue weighted by Gasteiger charge is 2.00. The van der Waals surface area contributed by atoms with E-state index >= 15 is 0 Å². The van der Waals surface area contributed by atoms with E-state index < -0.39 is 0 Å². The largest absolute Gasteiger partial charge is 0.381 e. The minimum absolute atomic E-state index is 0.594. The maximum absolute atomic E-state index is 3.52. The van der Waals surface area contributed by atoms with E-state index in [2.05, 4.69) is 84.5 Å².